The number of nitrogens with zero attached hydrogens (tertiary/aromatic N) is 3. The molecule has 0 bridgehead atoms. The zero-order valence-corrected chi connectivity index (χ0v) is 12.5. The number of aliphatic hydroxyl groups is 1. The molecule has 18 heavy (non-hydrogen) atoms. The Morgan fingerprint density at radius 2 is 2.17 bits per heavy atom. The van der Waals surface area contributed by atoms with Crippen LogP contribution in [0.5, 0.6) is 0 Å². The first-order valence-corrected chi connectivity index (χ1v) is 7.27. The van der Waals surface area contributed by atoms with E-state index < -0.39 is 0 Å². The highest BCUT2D eigenvalue weighted by molar-refractivity contribution is 9.10. The summed E-state index contributed by atoms with van der Waals surface area (Å²) in [6.45, 7) is 4.77. The summed E-state index contributed by atoms with van der Waals surface area (Å²) >= 11 is 9.59. The van der Waals surface area contributed by atoms with Crippen molar-refractivity contribution in [2.24, 2.45) is 0 Å². The van der Waals surface area contributed by atoms with Crippen molar-refractivity contribution >= 4 is 33.3 Å². The number of aliphatic hydroxyl groups excluding tert-OH is 1. The van der Waals surface area contributed by atoms with Crippen molar-refractivity contribution in [3.63, 3.8) is 0 Å². The molecule has 0 radical (unpaired) electrons. The van der Waals surface area contributed by atoms with Crippen molar-refractivity contribution in [2.75, 3.05) is 44.2 Å². The fourth-order valence-electron chi connectivity index (χ4n) is 2.19. The van der Waals surface area contributed by atoms with Crippen LogP contribution in [-0.4, -0.2) is 54.3 Å². The second-order valence-corrected chi connectivity index (χ2v) is 5.69. The first-order chi connectivity index (χ1) is 8.70. The minimum absolute atomic E-state index is 0.220. The lowest BCUT2D eigenvalue weighted by molar-refractivity contribution is 0.204. The van der Waals surface area contributed by atoms with Crippen LogP contribution in [0.2, 0.25) is 5.02 Å². The third-order valence-corrected chi connectivity index (χ3v) is 3.80. The molecule has 0 amide bonds. The van der Waals surface area contributed by atoms with Gasteiger partial charge in [-0.1, -0.05) is 11.6 Å². The van der Waals surface area contributed by atoms with E-state index in [1.165, 1.54) is 0 Å². The highest BCUT2D eigenvalue weighted by Gasteiger charge is 2.17. The van der Waals surface area contributed by atoms with Crippen LogP contribution in [0.1, 0.15) is 6.42 Å². The Labute approximate surface area is 121 Å². The van der Waals surface area contributed by atoms with Crippen molar-refractivity contribution in [3.05, 3.63) is 21.8 Å². The lowest BCUT2D eigenvalue weighted by atomic mass is 10.3. The van der Waals surface area contributed by atoms with Gasteiger partial charge in [-0.15, -0.1) is 0 Å². The second-order valence-electron chi connectivity index (χ2n) is 4.36. The van der Waals surface area contributed by atoms with Gasteiger partial charge in [0.2, 0.25) is 0 Å². The van der Waals surface area contributed by atoms with E-state index in [1.807, 2.05) is 6.07 Å². The van der Waals surface area contributed by atoms with Crippen LogP contribution in [0.4, 0.5) is 5.82 Å². The molecule has 1 saturated heterocycles. The number of β-amino-alcohol motifs (C(OH)–C–C–N with tert-alkyl or cyclic N) is 1. The molecular formula is C12H17BrClN3O. The number of aromatic nitrogens is 1. The lowest BCUT2D eigenvalue weighted by Gasteiger charge is -2.23. The molecule has 0 atom stereocenters. The van der Waals surface area contributed by atoms with Gasteiger partial charge < -0.3 is 10.0 Å². The maximum atomic E-state index is 8.97. The molecule has 2 heterocycles. The molecule has 1 N–H and O–H groups in total. The summed E-state index contributed by atoms with van der Waals surface area (Å²) in [5.41, 5.74) is 0. The summed E-state index contributed by atoms with van der Waals surface area (Å²) in [7, 11) is 0. The van der Waals surface area contributed by atoms with E-state index in [0.29, 0.717) is 5.02 Å². The van der Waals surface area contributed by atoms with Gasteiger partial charge in [-0.25, -0.2) is 4.98 Å². The molecule has 0 aromatic carbocycles. The Hall–Kier alpha value is -0.360. The largest absolute Gasteiger partial charge is 0.395 e. The predicted molar refractivity (Wildman–Crippen MR) is 77.3 cm³/mol. The number of anilines is 1. The summed E-state index contributed by atoms with van der Waals surface area (Å²) in [4.78, 5) is 8.88. The van der Waals surface area contributed by atoms with Gasteiger partial charge >= 0.3 is 0 Å². The van der Waals surface area contributed by atoms with Crippen molar-refractivity contribution in [1.82, 2.24) is 9.88 Å². The Bertz CT molecular complexity index is 405. The van der Waals surface area contributed by atoms with Gasteiger partial charge in [-0.05, 0) is 35.0 Å². The molecule has 6 heteroatoms. The van der Waals surface area contributed by atoms with Crippen LogP contribution in [0.15, 0.2) is 16.7 Å². The normalized spacial score (nSPS) is 17.8. The van der Waals surface area contributed by atoms with Crippen LogP contribution < -0.4 is 4.90 Å². The average molecular weight is 335 g/mol. The molecule has 4 nitrogen and oxygen atoms in total. The summed E-state index contributed by atoms with van der Waals surface area (Å²) in [6, 6.07) is 1.88. The maximum Gasteiger partial charge on any atom is 0.147 e. The molecule has 1 aliphatic rings. The third kappa shape index (κ3) is 3.57. The van der Waals surface area contributed by atoms with Crippen LogP contribution in [-0.2, 0) is 0 Å². The molecule has 0 spiro atoms. The number of halogens is 2. The molecule has 1 aromatic heterocycles. The first kappa shape index (κ1) is 14.1. The number of rotatable bonds is 3. The third-order valence-electron chi connectivity index (χ3n) is 3.09. The molecule has 1 aromatic rings. The van der Waals surface area contributed by atoms with Crippen LogP contribution >= 0.6 is 27.5 Å². The Morgan fingerprint density at radius 1 is 1.33 bits per heavy atom. The monoisotopic (exact) mass is 333 g/mol. The smallest absolute Gasteiger partial charge is 0.147 e. The van der Waals surface area contributed by atoms with E-state index in [4.69, 9.17) is 16.7 Å². The summed E-state index contributed by atoms with van der Waals surface area (Å²) in [6.07, 6.45) is 2.84. The van der Waals surface area contributed by atoms with Gasteiger partial charge in [0.25, 0.3) is 0 Å². The summed E-state index contributed by atoms with van der Waals surface area (Å²) in [5, 5.41) is 9.65. The van der Waals surface area contributed by atoms with Crippen molar-refractivity contribution in [2.45, 2.75) is 6.42 Å². The highest BCUT2D eigenvalue weighted by atomic mass is 79.9. The van der Waals surface area contributed by atoms with Gasteiger partial charge in [0.1, 0.15) is 5.82 Å². The number of hydrogen-bond acceptors (Lipinski definition) is 4. The SMILES string of the molecule is OCCN1CCCN(c2ncc(Br)cc2Cl)CC1. The van der Waals surface area contributed by atoms with Gasteiger partial charge in [0, 0.05) is 36.8 Å². The standard InChI is InChI=1S/C12H17BrClN3O/c13-10-8-11(14)12(15-9-10)17-3-1-2-16(4-5-17)6-7-18/h8-9,18H,1-7H2. The topological polar surface area (TPSA) is 39.6 Å². The number of hydrogen-bond donors (Lipinski definition) is 1. The fraction of sp³-hybridized carbons (Fsp3) is 0.583. The van der Waals surface area contributed by atoms with E-state index in [0.717, 1.165) is 49.4 Å². The molecule has 0 unspecified atom stereocenters. The van der Waals surface area contributed by atoms with Gasteiger partial charge in [-0.3, -0.25) is 4.90 Å². The van der Waals surface area contributed by atoms with Crippen molar-refractivity contribution < 1.29 is 5.11 Å². The van der Waals surface area contributed by atoms with E-state index in [1.54, 1.807) is 6.20 Å². The lowest BCUT2D eigenvalue weighted by Crippen LogP contribution is -2.32. The highest BCUT2D eigenvalue weighted by Crippen LogP contribution is 2.26. The van der Waals surface area contributed by atoms with E-state index in [-0.39, 0.29) is 6.61 Å². The summed E-state index contributed by atoms with van der Waals surface area (Å²) < 4.78 is 0.896. The van der Waals surface area contributed by atoms with Crippen LogP contribution in [0.25, 0.3) is 0 Å². The average Bonchev–Trinajstić information content (AvgIpc) is 2.55. The van der Waals surface area contributed by atoms with E-state index >= 15 is 0 Å². The summed E-state index contributed by atoms with van der Waals surface area (Å²) in [5.74, 6) is 0.853. The molecule has 0 saturated carbocycles. The van der Waals surface area contributed by atoms with Gasteiger partial charge in [0.15, 0.2) is 0 Å². The number of pyridine rings is 1. The molecular weight excluding hydrogens is 318 g/mol. The minimum Gasteiger partial charge on any atom is -0.395 e. The molecule has 0 aliphatic carbocycles. The van der Waals surface area contributed by atoms with Gasteiger partial charge in [0.05, 0.1) is 11.6 Å². The van der Waals surface area contributed by atoms with Crippen LogP contribution in [0.3, 0.4) is 0 Å². The fourth-order valence-corrected chi connectivity index (χ4v) is 2.94. The van der Waals surface area contributed by atoms with Gasteiger partial charge in [-0.2, -0.15) is 0 Å². The van der Waals surface area contributed by atoms with E-state index in [2.05, 4.69) is 30.7 Å². The minimum atomic E-state index is 0.220. The van der Waals surface area contributed by atoms with Crippen LogP contribution in [0, 0.1) is 0 Å². The second kappa shape index (κ2) is 6.70. The first-order valence-electron chi connectivity index (χ1n) is 6.10. The Kier molecular flexibility index (Phi) is 5.24. The maximum absolute atomic E-state index is 8.97. The zero-order valence-electron chi connectivity index (χ0n) is 10.1. The molecule has 1 aliphatic heterocycles. The quantitative estimate of drug-likeness (QED) is 0.918. The zero-order chi connectivity index (χ0) is 13.0. The molecule has 2 rings (SSSR count). The predicted octanol–water partition coefficient (Wildman–Crippen LogP) is 2.00. The van der Waals surface area contributed by atoms with Crippen molar-refractivity contribution in [1.29, 1.82) is 0 Å². The van der Waals surface area contributed by atoms with E-state index in [9.17, 15) is 0 Å². The molecule has 1 fully saturated rings. The Balaban J connectivity index is 2.05. The Morgan fingerprint density at radius 3 is 2.89 bits per heavy atom. The van der Waals surface area contributed by atoms with Crippen molar-refractivity contribution in [3.8, 4) is 0 Å². The molecule has 100 valence electrons.